The number of nitrogens with zero attached hydrogens (tertiary/aromatic N) is 3. The van der Waals surface area contributed by atoms with Gasteiger partial charge in [0.2, 0.25) is 5.88 Å². The maximum absolute atomic E-state index is 11.7. The van der Waals surface area contributed by atoms with Gasteiger partial charge in [-0.05, 0) is 43.5 Å². The second-order valence-electron chi connectivity index (χ2n) is 10.3. The summed E-state index contributed by atoms with van der Waals surface area (Å²) in [5, 5.41) is 10.7. The molecule has 182 valence electrons. The van der Waals surface area contributed by atoms with Gasteiger partial charge in [-0.1, -0.05) is 20.8 Å². The smallest absolute Gasteiger partial charge is 0.474 e. The lowest BCUT2D eigenvalue weighted by molar-refractivity contribution is -0.0485. The van der Waals surface area contributed by atoms with Crippen molar-refractivity contribution in [3.05, 3.63) is 18.1 Å². The molecule has 2 aliphatic heterocycles. The minimum Gasteiger partial charge on any atom is -0.474 e. The molecular formula is C21H33N3O7PSi+. The fourth-order valence-electron chi connectivity index (χ4n) is 4.16. The Labute approximate surface area is 195 Å². The van der Waals surface area contributed by atoms with E-state index in [0.717, 1.165) is 23.8 Å². The maximum atomic E-state index is 11.7. The average molecular weight is 499 g/mol. The zero-order valence-electron chi connectivity index (χ0n) is 19.9. The number of rotatable bonds is 6. The van der Waals surface area contributed by atoms with Crippen LogP contribution in [0.5, 0.6) is 5.88 Å². The number of aromatic nitrogens is 3. The average Bonchev–Trinajstić information content (AvgIpc) is 3.18. The van der Waals surface area contributed by atoms with Gasteiger partial charge in [0.15, 0.2) is 20.6 Å². The van der Waals surface area contributed by atoms with Gasteiger partial charge in [0.1, 0.15) is 24.2 Å². The van der Waals surface area contributed by atoms with Gasteiger partial charge in [-0.3, -0.25) is 0 Å². The Morgan fingerprint density at radius 2 is 2.03 bits per heavy atom. The Hall–Kier alpha value is -1.46. The molecule has 4 heterocycles. The summed E-state index contributed by atoms with van der Waals surface area (Å²) in [7, 11) is -5.28. The monoisotopic (exact) mass is 498 g/mol. The molecule has 0 amide bonds. The second kappa shape index (κ2) is 8.96. The fourth-order valence-corrected chi connectivity index (χ4v) is 5.91. The summed E-state index contributed by atoms with van der Waals surface area (Å²) < 4.78 is 37.8. The number of ether oxygens (including phenoxy) is 2. The minimum atomic E-state index is -2.92. The van der Waals surface area contributed by atoms with Crippen LogP contribution in [-0.2, 0) is 24.7 Å². The van der Waals surface area contributed by atoms with Gasteiger partial charge in [-0.15, -0.1) is 9.42 Å². The highest BCUT2D eigenvalue weighted by molar-refractivity contribution is 7.32. The summed E-state index contributed by atoms with van der Waals surface area (Å²) in [5.41, 5.74) is 1.67. The van der Waals surface area contributed by atoms with Crippen molar-refractivity contribution < 1.29 is 33.0 Å². The molecular weight excluding hydrogens is 465 g/mol. The molecule has 1 unspecified atom stereocenters. The molecule has 6 atom stereocenters. The van der Waals surface area contributed by atoms with Crippen LogP contribution in [0.15, 0.2) is 12.5 Å². The van der Waals surface area contributed by atoms with Crippen LogP contribution in [0.1, 0.15) is 45.9 Å². The van der Waals surface area contributed by atoms with Crippen LogP contribution in [0.4, 0.5) is 0 Å². The maximum Gasteiger partial charge on any atom is 0.695 e. The van der Waals surface area contributed by atoms with Crippen LogP contribution >= 0.6 is 8.25 Å². The molecule has 0 aromatic carbocycles. The van der Waals surface area contributed by atoms with Gasteiger partial charge in [0.05, 0.1) is 18.1 Å². The van der Waals surface area contributed by atoms with E-state index >= 15 is 0 Å². The minimum absolute atomic E-state index is 0.0405. The van der Waals surface area contributed by atoms with E-state index in [-0.39, 0.29) is 17.7 Å². The standard InChI is InChI=1S/C21H32N3O7PSi/c1-12-7-8-13-9-24(18-15(13)19(28-12)23-11-22-18)20-17(31-33(5,6)21(2,3)4)16(30-32(26)27)14(10-25)29-20/h9,11-12,14,16-17,20,25H,7-8,10H2,1-6H3/p+1/t12-,14+,16+,17+,20+/m0/s1. The summed E-state index contributed by atoms with van der Waals surface area (Å²) in [6.07, 6.45) is 1.89. The quantitative estimate of drug-likeness (QED) is 0.455. The third-order valence-corrected chi connectivity index (χ3v) is 11.9. The predicted molar refractivity (Wildman–Crippen MR) is 124 cm³/mol. The first-order valence-electron chi connectivity index (χ1n) is 11.2. The van der Waals surface area contributed by atoms with Crippen molar-refractivity contribution in [3.63, 3.8) is 0 Å². The van der Waals surface area contributed by atoms with E-state index in [1.807, 2.05) is 17.7 Å². The van der Waals surface area contributed by atoms with E-state index in [1.165, 1.54) is 6.33 Å². The van der Waals surface area contributed by atoms with Gasteiger partial charge < -0.3 is 23.6 Å². The summed E-state index contributed by atoms with van der Waals surface area (Å²) in [6.45, 7) is 12.2. The van der Waals surface area contributed by atoms with E-state index in [0.29, 0.717) is 11.5 Å². The van der Waals surface area contributed by atoms with Crippen molar-refractivity contribution in [2.75, 3.05) is 6.61 Å². The van der Waals surface area contributed by atoms with E-state index < -0.39 is 41.1 Å². The van der Waals surface area contributed by atoms with Crippen molar-refractivity contribution in [1.82, 2.24) is 14.5 Å². The summed E-state index contributed by atoms with van der Waals surface area (Å²) >= 11 is 0. The molecule has 0 aliphatic carbocycles. The number of aliphatic hydroxyl groups is 1. The van der Waals surface area contributed by atoms with Gasteiger partial charge in [-0.25, -0.2) is 9.97 Å². The summed E-state index contributed by atoms with van der Waals surface area (Å²) in [4.78, 5) is 18.4. The number of hydrogen-bond donors (Lipinski definition) is 2. The molecule has 2 aromatic rings. The molecule has 10 nitrogen and oxygen atoms in total. The SMILES string of the molecule is C[C@H]1CCc2cn([C@@H]3O[C@H](CO)[C@@H](O[P+](=O)O)[C@H]3O[Si](C)(C)C(C)(C)C)c3ncnc(c23)O1. The van der Waals surface area contributed by atoms with E-state index in [4.69, 9.17) is 18.4 Å². The highest BCUT2D eigenvalue weighted by atomic mass is 31.1. The normalized spacial score (nSPS) is 28.6. The van der Waals surface area contributed by atoms with Gasteiger partial charge in [0.25, 0.3) is 0 Å². The first kappa shape index (κ1) is 24.7. The molecule has 2 aliphatic rings. The molecule has 4 rings (SSSR count). The zero-order chi connectivity index (χ0) is 24.1. The van der Waals surface area contributed by atoms with Crippen LogP contribution in [-0.4, -0.2) is 63.9 Å². The Kier molecular flexibility index (Phi) is 6.69. The van der Waals surface area contributed by atoms with Crippen LogP contribution in [0, 0.1) is 0 Å². The molecule has 1 saturated heterocycles. The lowest BCUT2D eigenvalue weighted by Gasteiger charge is -2.40. The Morgan fingerprint density at radius 1 is 1.30 bits per heavy atom. The lowest BCUT2D eigenvalue weighted by Crippen LogP contribution is -2.49. The fraction of sp³-hybridized carbons (Fsp3) is 0.714. The Bertz CT molecular complexity index is 1040. The van der Waals surface area contributed by atoms with Crippen molar-refractivity contribution in [2.24, 2.45) is 0 Å². The molecule has 2 aromatic heterocycles. The topological polar surface area (TPSA) is 125 Å². The molecule has 1 fully saturated rings. The molecule has 0 saturated carbocycles. The Balaban J connectivity index is 1.82. The van der Waals surface area contributed by atoms with Crippen molar-refractivity contribution in [1.29, 1.82) is 0 Å². The molecule has 0 spiro atoms. The van der Waals surface area contributed by atoms with Crippen molar-refractivity contribution in [2.45, 2.75) is 89.3 Å². The molecule has 2 N–H and O–H groups in total. The van der Waals surface area contributed by atoms with Crippen LogP contribution in [0.2, 0.25) is 18.1 Å². The largest absolute Gasteiger partial charge is 0.695 e. The molecule has 12 heteroatoms. The molecule has 33 heavy (non-hydrogen) atoms. The number of aryl methyl sites for hydroxylation is 1. The molecule has 0 radical (unpaired) electrons. The van der Waals surface area contributed by atoms with Gasteiger partial charge >= 0.3 is 8.25 Å². The van der Waals surface area contributed by atoms with E-state index in [2.05, 4.69) is 43.8 Å². The van der Waals surface area contributed by atoms with Crippen molar-refractivity contribution >= 4 is 27.6 Å². The summed E-state index contributed by atoms with van der Waals surface area (Å²) in [5.74, 6) is 0.531. The first-order chi connectivity index (χ1) is 15.4. The third kappa shape index (κ3) is 4.60. The van der Waals surface area contributed by atoms with Crippen LogP contribution in [0.25, 0.3) is 11.0 Å². The Morgan fingerprint density at radius 3 is 2.67 bits per heavy atom. The predicted octanol–water partition coefficient (Wildman–Crippen LogP) is 3.46. The number of aliphatic hydroxyl groups excluding tert-OH is 1. The lowest BCUT2D eigenvalue weighted by atomic mass is 10.1. The summed E-state index contributed by atoms with van der Waals surface area (Å²) in [6, 6.07) is 0. The molecule has 0 bridgehead atoms. The zero-order valence-corrected chi connectivity index (χ0v) is 21.8. The first-order valence-corrected chi connectivity index (χ1v) is 15.2. The number of hydrogen-bond acceptors (Lipinski definition) is 8. The third-order valence-electron chi connectivity index (χ3n) is 6.97. The van der Waals surface area contributed by atoms with Crippen LogP contribution < -0.4 is 4.74 Å². The highest BCUT2D eigenvalue weighted by Gasteiger charge is 2.54. The second-order valence-corrected chi connectivity index (χ2v) is 15.7. The van der Waals surface area contributed by atoms with Crippen molar-refractivity contribution in [3.8, 4) is 5.88 Å². The van der Waals surface area contributed by atoms with E-state index in [1.54, 1.807) is 0 Å². The van der Waals surface area contributed by atoms with E-state index in [9.17, 15) is 14.6 Å². The van der Waals surface area contributed by atoms with Gasteiger partial charge in [0, 0.05) is 10.8 Å². The van der Waals surface area contributed by atoms with Gasteiger partial charge in [-0.2, -0.15) is 0 Å². The van der Waals surface area contributed by atoms with Crippen LogP contribution in [0.3, 0.4) is 0 Å². The highest BCUT2D eigenvalue weighted by Crippen LogP contribution is 2.45.